The Morgan fingerprint density at radius 3 is 2.36 bits per heavy atom. The van der Waals surface area contributed by atoms with Gasteiger partial charge in [0.15, 0.2) is 0 Å². The second kappa shape index (κ2) is 12.0. The zero-order valence-electron chi connectivity index (χ0n) is 7.17. The van der Waals surface area contributed by atoms with Gasteiger partial charge in [0.1, 0.15) is 0 Å². The van der Waals surface area contributed by atoms with Crippen molar-refractivity contribution >= 4 is 12.6 Å². The molecule has 0 N–H and O–H groups in total. The van der Waals surface area contributed by atoms with Gasteiger partial charge in [-0.2, -0.15) is 5.26 Å². The van der Waals surface area contributed by atoms with Crippen LogP contribution >= 0.6 is 12.6 Å². The number of nitriles is 1. The number of hydrogen-bond donors (Lipinski definition) is 1. The fraction of sp³-hybridized carbons (Fsp3) is 0.444. The molecule has 62 valence electrons. The van der Waals surface area contributed by atoms with Crippen LogP contribution in [0, 0.1) is 11.3 Å². The average Bonchev–Trinajstić information content (AvgIpc) is 1.90. The Balaban J connectivity index is 0. The molecule has 0 radical (unpaired) electrons. The van der Waals surface area contributed by atoms with Gasteiger partial charge < -0.3 is 0 Å². The summed E-state index contributed by atoms with van der Waals surface area (Å²) in [5.74, 6) is 0. The minimum atomic E-state index is 0.370. The van der Waals surface area contributed by atoms with Crippen molar-refractivity contribution in [1.82, 2.24) is 0 Å². The number of nitrogens with zero attached hydrogens (tertiary/aromatic N) is 1. The van der Waals surface area contributed by atoms with Gasteiger partial charge in [0.2, 0.25) is 0 Å². The second-order valence-electron chi connectivity index (χ2n) is 1.94. The van der Waals surface area contributed by atoms with Gasteiger partial charge in [-0.05, 0) is 4.91 Å². The van der Waals surface area contributed by atoms with E-state index in [1.54, 1.807) is 12.2 Å². The molecule has 0 rings (SSSR count). The summed E-state index contributed by atoms with van der Waals surface area (Å²) in [5, 5.41) is 8.09. The minimum Gasteiger partial charge on any atom is -0.198 e. The van der Waals surface area contributed by atoms with E-state index in [2.05, 4.69) is 33.1 Å². The first kappa shape index (κ1) is 12.9. The highest BCUT2D eigenvalue weighted by molar-refractivity contribution is 7.84. The quantitative estimate of drug-likeness (QED) is 0.497. The Hall–Kier alpha value is -0.680. The summed E-state index contributed by atoms with van der Waals surface area (Å²) in [6.45, 7) is 7.70. The maximum Gasteiger partial charge on any atom is 0.0675 e. The van der Waals surface area contributed by atoms with E-state index in [9.17, 15) is 0 Å². The van der Waals surface area contributed by atoms with Gasteiger partial charge >= 0.3 is 0 Å². The molecule has 0 saturated carbocycles. The van der Waals surface area contributed by atoms with Gasteiger partial charge in [0.25, 0.3) is 0 Å². The molecule has 0 spiro atoms. The van der Waals surface area contributed by atoms with Crippen LogP contribution in [0.4, 0.5) is 0 Å². The van der Waals surface area contributed by atoms with Crippen molar-refractivity contribution in [2.24, 2.45) is 0 Å². The summed E-state index contributed by atoms with van der Waals surface area (Å²) < 4.78 is 0. The molecular formula is C9H15NS. The third-order valence-electron chi connectivity index (χ3n) is 0.570. The maximum atomic E-state index is 8.09. The van der Waals surface area contributed by atoms with Crippen LogP contribution in [0.15, 0.2) is 23.6 Å². The summed E-state index contributed by atoms with van der Waals surface area (Å²) in [6.07, 6.45) is 4.93. The topological polar surface area (TPSA) is 23.8 Å². The van der Waals surface area contributed by atoms with E-state index in [1.807, 2.05) is 6.07 Å². The Morgan fingerprint density at radius 1 is 1.64 bits per heavy atom. The number of thiol groups is 1. The van der Waals surface area contributed by atoms with E-state index < -0.39 is 0 Å². The average molecular weight is 169 g/mol. The molecular weight excluding hydrogens is 154 g/mol. The summed E-state index contributed by atoms with van der Waals surface area (Å²) in [5.41, 5.74) is 0. The second-order valence-corrected chi connectivity index (χ2v) is 2.51. The van der Waals surface area contributed by atoms with E-state index in [0.29, 0.717) is 6.42 Å². The zero-order valence-corrected chi connectivity index (χ0v) is 8.06. The molecule has 0 aromatic heterocycles. The lowest BCUT2D eigenvalue weighted by Gasteiger charge is -1.83. The molecule has 2 heteroatoms. The van der Waals surface area contributed by atoms with Gasteiger partial charge in [-0.25, -0.2) is 0 Å². The largest absolute Gasteiger partial charge is 0.198 e. The molecule has 0 aromatic carbocycles. The first-order chi connectivity index (χ1) is 5.22. The normalized spacial score (nSPS) is 9.09. The molecule has 11 heavy (non-hydrogen) atoms. The van der Waals surface area contributed by atoms with Gasteiger partial charge in [-0.1, -0.05) is 39.0 Å². The smallest absolute Gasteiger partial charge is 0.0675 e. The molecule has 0 aliphatic rings. The van der Waals surface area contributed by atoms with Crippen LogP contribution in [-0.2, 0) is 0 Å². The third-order valence-corrected chi connectivity index (χ3v) is 0.878. The van der Waals surface area contributed by atoms with E-state index in [4.69, 9.17) is 5.26 Å². The summed E-state index contributed by atoms with van der Waals surface area (Å²) in [6, 6.07) is 1.96. The molecule has 0 fully saturated rings. The van der Waals surface area contributed by atoms with Crippen molar-refractivity contribution in [3.05, 3.63) is 23.6 Å². The van der Waals surface area contributed by atoms with Crippen LogP contribution in [0.25, 0.3) is 0 Å². The SMILES string of the molecule is C=C/C=C(\S)CC#N.CCC. The summed E-state index contributed by atoms with van der Waals surface area (Å²) in [7, 11) is 0. The van der Waals surface area contributed by atoms with Crippen LogP contribution in [-0.4, -0.2) is 0 Å². The van der Waals surface area contributed by atoms with Gasteiger partial charge in [0.05, 0.1) is 12.5 Å². The first-order valence-electron chi connectivity index (χ1n) is 3.60. The lowest BCUT2D eigenvalue weighted by Crippen LogP contribution is -1.64. The van der Waals surface area contributed by atoms with Crippen LogP contribution in [0.2, 0.25) is 0 Å². The molecule has 0 unspecified atom stereocenters. The van der Waals surface area contributed by atoms with Crippen LogP contribution in [0.1, 0.15) is 26.7 Å². The predicted molar refractivity (Wildman–Crippen MR) is 53.5 cm³/mol. The Morgan fingerprint density at radius 2 is 2.09 bits per heavy atom. The van der Waals surface area contributed by atoms with E-state index in [-0.39, 0.29) is 0 Å². The molecule has 0 atom stereocenters. The molecule has 0 heterocycles. The number of allylic oxidation sites excluding steroid dienone is 3. The van der Waals surface area contributed by atoms with Crippen molar-refractivity contribution in [3.63, 3.8) is 0 Å². The Kier molecular flexibility index (Phi) is 14.2. The molecule has 1 nitrogen and oxygen atoms in total. The fourth-order valence-electron chi connectivity index (χ4n) is 0.276. The fourth-order valence-corrected chi connectivity index (χ4v) is 0.452. The van der Waals surface area contributed by atoms with Gasteiger partial charge in [-0.3, -0.25) is 0 Å². The van der Waals surface area contributed by atoms with Crippen molar-refractivity contribution in [1.29, 1.82) is 5.26 Å². The molecule has 0 aliphatic carbocycles. The first-order valence-corrected chi connectivity index (χ1v) is 4.05. The van der Waals surface area contributed by atoms with Crippen LogP contribution in [0.3, 0.4) is 0 Å². The van der Waals surface area contributed by atoms with Crippen molar-refractivity contribution in [2.75, 3.05) is 0 Å². The van der Waals surface area contributed by atoms with Gasteiger partial charge in [0, 0.05) is 0 Å². The highest BCUT2D eigenvalue weighted by Gasteiger charge is 1.81. The molecule has 0 bridgehead atoms. The van der Waals surface area contributed by atoms with Crippen molar-refractivity contribution in [3.8, 4) is 6.07 Å². The lowest BCUT2D eigenvalue weighted by atomic mass is 10.4. The summed E-state index contributed by atoms with van der Waals surface area (Å²) in [4.78, 5) is 0.752. The lowest BCUT2D eigenvalue weighted by molar-refractivity contribution is 1.09. The molecule has 0 aliphatic heterocycles. The summed E-state index contributed by atoms with van der Waals surface area (Å²) >= 11 is 3.96. The molecule has 0 aromatic rings. The standard InChI is InChI=1S/C6H7NS.C3H8/c1-2-3-6(8)4-5-7;1-3-2/h2-3,8H,1,4H2;3H2,1-2H3/b6-3-;. The monoisotopic (exact) mass is 169 g/mol. The van der Waals surface area contributed by atoms with Crippen molar-refractivity contribution in [2.45, 2.75) is 26.7 Å². The predicted octanol–water partition coefficient (Wildman–Crippen LogP) is 3.32. The van der Waals surface area contributed by atoms with E-state index in [0.717, 1.165) is 4.91 Å². The number of hydrogen-bond acceptors (Lipinski definition) is 2. The van der Waals surface area contributed by atoms with Gasteiger partial charge in [-0.15, -0.1) is 12.6 Å². The van der Waals surface area contributed by atoms with Crippen LogP contribution in [0.5, 0.6) is 0 Å². The highest BCUT2D eigenvalue weighted by atomic mass is 32.1. The van der Waals surface area contributed by atoms with Crippen molar-refractivity contribution < 1.29 is 0 Å². The van der Waals surface area contributed by atoms with E-state index in [1.165, 1.54) is 6.42 Å². The molecule has 0 amide bonds. The number of rotatable bonds is 2. The minimum absolute atomic E-state index is 0.370. The van der Waals surface area contributed by atoms with Crippen LogP contribution < -0.4 is 0 Å². The Bertz CT molecular complexity index is 153. The molecule has 0 saturated heterocycles. The van der Waals surface area contributed by atoms with E-state index >= 15 is 0 Å². The zero-order chi connectivity index (χ0) is 9.11. The maximum absolute atomic E-state index is 8.09. The Labute approximate surface area is 74.8 Å². The third kappa shape index (κ3) is 17.6. The highest BCUT2D eigenvalue weighted by Crippen LogP contribution is 2.03.